The Bertz CT molecular complexity index is 952. The van der Waals surface area contributed by atoms with Gasteiger partial charge in [-0.15, -0.1) is 0 Å². The van der Waals surface area contributed by atoms with E-state index in [0.29, 0.717) is 0 Å². The summed E-state index contributed by atoms with van der Waals surface area (Å²) in [6, 6.07) is 19.5. The fourth-order valence-electron chi connectivity index (χ4n) is 2.40. The van der Waals surface area contributed by atoms with Gasteiger partial charge in [0.05, 0.1) is 11.3 Å². The number of anilines is 1. The predicted molar refractivity (Wildman–Crippen MR) is 101 cm³/mol. The third-order valence-electron chi connectivity index (χ3n) is 3.69. The van der Waals surface area contributed by atoms with Crippen LogP contribution in [0.3, 0.4) is 0 Å². The molecule has 5 heteroatoms. The quantitative estimate of drug-likeness (QED) is 0.680. The van der Waals surface area contributed by atoms with Crippen molar-refractivity contribution in [3.8, 4) is 0 Å². The van der Waals surface area contributed by atoms with Crippen molar-refractivity contribution in [3.63, 3.8) is 0 Å². The van der Waals surface area contributed by atoms with Crippen LogP contribution in [0, 0.1) is 0 Å². The summed E-state index contributed by atoms with van der Waals surface area (Å²) in [5, 5.41) is 12.0. The summed E-state index contributed by atoms with van der Waals surface area (Å²) in [6.45, 7) is 0. The van der Waals surface area contributed by atoms with E-state index in [2.05, 4.69) is 10.3 Å². The third-order valence-corrected chi connectivity index (χ3v) is 3.69. The van der Waals surface area contributed by atoms with Crippen LogP contribution in [-0.2, 0) is 0 Å². The summed E-state index contributed by atoms with van der Waals surface area (Å²) < 4.78 is 0. The zero-order chi connectivity index (χ0) is 18.4. The molecule has 0 saturated heterocycles. The van der Waals surface area contributed by atoms with Gasteiger partial charge in [0.2, 0.25) is 0 Å². The van der Waals surface area contributed by atoms with E-state index in [9.17, 15) is 14.7 Å². The standard InChI is InChI=1S/C21H16N2O3/c24-20(18-8-4-5-13-22-18)23-19-14-16(11-12-17(19)21(25)26)10-9-15-6-2-1-3-7-15/h1-14H,(H,23,24)(H,25,26). The molecular weight excluding hydrogens is 328 g/mol. The van der Waals surface area contributed by atoms with Gasteiger partial charge in [-0.2, -0.15) is 0 Å². The van der Waals surface area contributed by atoms with Gasteiger partial charge >= 0.3 is 5.97 Å². The molecule has 26 heavy (non-hydrogen) atoms. The average Bonchev–Trinajstić information content (AvgIpc) is 2.68. The van der Waals surface area contributed by atoms with Crippen molar-refractivity contribution in [3.05, 3.63) is 95.3 Å². The Balaban J connectivity index is 1.88. The number of carboxylic acid groups (broad SMARTS) is 1. The fraction of sp³-hybridized carbons (Fsp3) is 0. The SMILES string of the molecule is O=C(Nc1cc(C=Cc2ccccc2)ccc1C(=O)O)c1ccccn1. The zero-order valence-electron chi connectivity index (χ0n) is 13.8. The van der Waals surface area contributed by atoms with Crippen LogP contribution in [0.2, 0.25) is 0 Å². The first-order valence-corrected chi connectivity index (χ1v) is 7.96. The first-order valence-electron chi connectivity index (χ1n) is 7.96. The van der Waals surface area contributed by atoms with Gasteiger partial charge in [-0.3, -0.25) is 9.78 Å². The Morgan fingerprint density at radius 2 is 1.62 bits per heavy atom. The number of carbonyl (C=O) groups is 2. The first kappa shape index (κ1) is 17.1. The van der Waals surface area contributed by atoms with Gasteiger partial charge in [0.1, 0.15) is 5.69 Å². The summed E-state index contributed by atoms with van der Waals surface area (Å²) in [5.74, 6) is -1.57. The molecule has 0 aliphatic rings. The van der Waals surface area contributed by atoms with E-state index < -0.39 is 11.9 Å². The highest BCUT2D eigenvalue weighted by Crippen LogP contribution is 2.20. The zero-order valence-corrected chi connectivity index (χ0v) is 13.8. The summed E-state index contributed by atoms with van der Waals surface area (Å²) in [4.78, 5) is 27.7. The minimum Gasteiger partial charge on any atom is -0.478 e. The lowest BCUT2D eigenvalue weighted by molar-refractivity contribution is 0.0698. The molecule has 1 heterocycles. The normalized spacial score (nSPS) is 10.6. The molecule has 1 amide bonds. The van der Waals surface area contributed by atoms with Crippen molar-refractivity contribution >= 4 is 29.7 Å². The largest absolute Gasteiger partial charge is 0.478 e. The van der Waals surface area contributed by atoms with Crippen molar-refractivity contribution in [2.75, 3.05) is 5.32 Å². The monoisotopic (exact) mass is 344 g/mol. The van der Waals surface area contributed by atoms with Crippen LogP contribution >= 0.6 is 0 Å². The van der Waals surface area contributed by atoms with E-state index in [4.69, 9.17) is 0 Å². The maximum atomic E-state index is 12.3. The molecule has 5 nitrogen and oxygen atoms in total. The van der Waals surface area contributed by atoms with Crippen LogP contribution in [0.4, 0.5) is 5.69 Å². The van der Waals surface area contributed by atoms with E-state index >= 15 is 0 Å². The number of aromatic carboxylic acids is 1. The molecule has 0 bridgehead atoms. The number of carbonyl (C=O) groups excluding carboxylic acids is 1. The second-order valence-electron chi connectivity index (χ2n) is 5.52. The first-order chi connectivity index (χ1) is 12.6. The van der Waals surface area contributed by atoms with E-state index in [1.165, 1.54) is 12.3 Å². The molecular formula is C21H16N2O3. The number of hydrogen-bond donors (Lipinski definition) is 2. The lowest BCUT2D eigenvalue weighted by atomic mass is 10.1. The van der Waals surface area contributed by atoms with Crippen molar-refractivity contribution in [2.45, 2.75) is 0 Å². The van der Waals surface area contributed by atoms with Crippen LogP contribution in [0.25, 0.3) is 12.2 Å². The minimum atomic E-state index is -1.11. The van der Waals surface area contributed by atoms with E-state index in [1.54, 1.807) is 30.3 Å². The number of carboxylic acids is 1. The molecule has 0 atom stereocenters. The second-order valence-corrected chi connectivity index (χ2v) is 5.52. The molecule has 1 aromatic heterocycles. The van der Waals surface area contributed by atoms with Crippen LogP contribution in [-0.4, -0.2) is 22.0 Å². The predicted octanol–water partition coefficient (Wildman–Crippen LogP) is 4.20. The van der Waals surface area contributed by atoms with Crippen molar-refractivity contribution < 1.29 is 14.7 Å². The molecule has 3 aromatic rings. The van der Waals surface area contributed by atoms with Crippen LogP contribution in [0.1, 0.15) is 32.0 Å². The number of aromatic nitrogens is 1. The van der Waals surface area contributed by atoms with Crippen LogP contribution < -0.4 is 5.32 Å². The van der Waals surface area contributed by atoms with Crippen molar-refractivity contribution in [2.24, 2.45) is 0 Å². The summed E-state index contributed by atoms with van der Waals surface area (Å²) >= 11 is 0. The van der Waals surface area contributed by atoms with Gasteiger partial charge in [0.15, 0.2) is 0 Å². The second kappa shape index (κ2) is 7.90. The molecule has 0 spiro atoms. The van der Waals surface area contributed by atoms with Gasteiger partial charge in [-0.05, 0) is 35.4 Å². The Morgan fingerprint density at radius 3 is 2.31 bits per heavy atom. The highest BCUT2D eigenvalue weighted by molar-refractivity contribution is 6.07. The number of nitrogens with one attached hydrogen (secondary N) is 1. The lowest BCUT2D eigenvalue weighted by Crippen LogP contribution is -2.16. The van der Waals surface area contributed by atoms with Crippen LogP contribution in [0.5, 0.6) is 0 Å². The van der Waals surface area contributed by atoms with Gasteiger partial charge in [0, 0.05) is 6.20 Å². The molecule has 0 radical (unpaired) electrons. The number of amides is 1. The fourth-order valence-corrected chi connectivity index (χ4v) is 2.40. The van der Waals surface area contributed by atoms with E-state index in [-0.39, 0.29) is 16.9 Å². The van der Waals surface area contributed by atoms with Crippen LogP contribution in [0.15, 0.2) is 72.9 Å². The lowest BCUT2D eigenvalue weighted by Gasteiger charge is -2.09. The topological polar surface area (TPSA) is 79.3 Å². The Labute approximate surface area is 150 Å². The molecule has 128 valence electrons. The number of rotatable bonds is 5. The maximum absolute atomic E-state index is 12.3. The smallest absolute Gasteiger partial charge is 0.337 e. The highest BCUT2D eigenvalue weighted by atomic mass is 16.4. The van der Waals surface area contributed by atoms with E-state index in [1.807, 2.05) is 42.5 Å². The highest BCUT2D eigenvalue weighted by Gasteiger charge is 2.14. The number of benzene rings is 2. The number of pyridine rings is 1. The molecule has 0 saturated carbocycles. The summed E-state index contributed by atoms with van der Waals surface area (Å²) in [6.07, 6.45) is 5.28. The Morgan fingerprint density at radius 1 is 0.885 bits per heavy atom. The molecule has 0 unspecified atom stereocenters. The molecule has 3 rings (SSSR count). The average molecular weight is 344 g/mol. The van der Waals surface area contributed by atoms with Gasteiger partial charge in [-0.25, -0.2) is 4.79 Å². The van der Waals surface area contributed by atoms with Crippen molar-refractivity contribution in [1.82, 2.24) is 4.98 Å². The maximum Gasteiger partial charge on any atom is 0.337 e. The Hall–Kier alpha value is -3.73. The number of hydrogen-bond acceptors (Lipinski definition) is 3. The Kier molecular flexibility index (Phi) is 5.19. The van der Waals surface area contributed by atoms with Gasteiger partial charge in [-0.1, -0.05) is 54.6 Å². The van der Waals surface area contributed by atoms with E-state index in [0.717, 1.165) is 11.1 Å². The van der Waals surface area contributed by atoms with Gasteiger partial charge < -0.3 is 10.4 Å². The number of nitrogens with zero attached hydrogens (tertiary/aromatic N) is 1. The summed E-state index contributed by atoms with van der Waals surface area (Å²) in [5.41, 5.74) is 2.26. The molecule has 2 aromatic carbocycles. The van der Waals surface area contributed by atoms with Crippen molar-refractivity contribution in [1.29, 1.82) is 0 Å². The molecule has 0 aliphatic heterocycles. The summed E-state index contributed by atoms with van der Waals surface area (Å²) in [7, 11) is 0. The molecule has 2 N–H and O–H groups in total. The van der Waals surface area contributed by atoms with Gasteiger partial charge in [0.25, 0.3) is 5.91 Å². The third kappa shape index (κ3) is 4.21. The molecule has 0 fully saturated rings. The minimum absolute atomic E-state index is 0.0196. The molecule has 0 aliphatic carbocycles.